The molecule has 1 aliphatic rings. The van der Waals surface area contributed by atoms with Gasteiger partial charge in [-0.2, -0.15) is 0 Å². The molecule has 1 amide bonds. The molecule has 1 rings (SSSR count). The van der Waals surface area contributed by atoms with E-state index in [0.717, 1.165) is 0 Å². The second kappa shape index (κ2) is 3.83. The second-order valence-corrected chi connectivity index (χ2v) is 5.63. The first-order chi connectivity index (χ1) is 5.91. The molecule has 1 fully saturated rings. The van der Waals surface area contributed by atoms with Crippen LogP contribution >= 0.6 is 10.7 Å². The van der Waals surface area contributed by atoms with Gasteiger partial charge in [-0.25, -0.2) is 4.31 Å². The Morgan fingerprint density at radius 3 is 2.15 bits per heavy atom. The summed E-state index contributed by atoms with van der Waals surface area (Å²) in [5.41, 5.74) is 0. The van der Waals surface area contributed by atoms with Crippen molar-refractivity contribution in [2.24, 2.45) is 5.14 Å². The normalized spacial score (nSPS) is 26.6. The summed E-state index contributed by atoms with van der Waals surface area (Å²) in [4.78, 5) is 12.7. The lowest BCUT2D eigenvalue weighted by Gasteiger charge is -2.42. The molecule has 1 aliphatic heterocycles. The first-order valence-electron chi connectivity index (χ1n) is 4.20. The molecule has 0 aliphatic carbocycles. The fourth-order valence-electron chi connectivity index (χ4n) is 1.37. The highest BCUT2D eigenvalue weighted by Gasteiger charge is 2.25. The molecule has 0 radical (unpaired) electrons. The van der Waals surface area contributed by atoms with Crippen molar-refractivity contribution < 1.29 is 9.35 Å². The zero-order chi connectivity index (χ0) is 10.1. The number of rotatable bonds is 1. The minimum atomic E-state index is -2.08. The van der Waals surface area contributed by atoms with Crippen LogP contribution < -0.4 is 5.14 Å². The molecular weight excluding hydrogens is 190 g/mol. The summed E-state index contributed by atoms with van der Waals surface area (Å²) in [5.74, 6) is 0.0892. The van der Waals surface area contributed by atoms with Gasteiger partial charge in [0.05, 0.1) is 0 Å². The predicted octanol–water partition coefficient (Wildman–Crippen LogP) is -0.153. The van der Waals surface area contributed by atoms with Crippen molar-refractivity contribution in [3.63, 3.8) is 0 Å². The van der Waals surface area contributed by atoms with E-state index >= 15 is 0 Å². The largest absolute Gasteiger partial charge is 0.340 e. The van der Waals surface area contributed by atoms with E-state index in [0.29, 0.717) is 26.2 Å². The number of carbonyl (C=O) groups is 1. The van der Waals surface area contributed by atoms with Gasteiger partial charge in [0.25, 0.3) is 0 Å². The molecule has 0 aromatic heterocycles. The molecule has 0 saturated carbocycles. The summed E-state index contributed by atoms with van der Waals surface area (Å²) in [5, 5.41) is 5.59. The van der Waals surface area contributed by atoms with Gasteiger partial charge in [-0.3, -0.25) is 9.93 Å². The fourth-order valence-corrected chi connectivity index (χ4v) is 2.28. The van der Waals surface area contributed by atoms with Gasteiger partial charge in [0.1, 0.15) is 0 Å². The van der Waals surface area contributed by atoms with Gasteiger partial charge in [0.15, 0.2) is 0 Å². The maximum Gasteiger partial charge on any atom is 0.219 e. The molecule has 1 saturated heterocycles. The van der Waals surface area contributed by atoms with Gasteiger partial charge in [0, 0.05) is 39.4 Å². The van der Waals surface area contributed by atoms with E-state index in [1.165, 1.54) is 0 Å². The van der Waals surface area contributed by atoms with Gasteiger partial charge in [-0.15, -0.1) is 0 Å². The van der Waals surface area contributed by atoms with Crippen LogP contribution in [-0.4, -0.2) is 52.1 Å². The molecular formula is C7H17N3O2S. The Labute approximate surface area is 80.3 Å². The number of hydrogen-bond acceptors (Lipinski definition) is 4. The minimum Gasteiger partial charge on any atom is -0.340 e. The second-order valence-electron chi connectivity index (χ2n) is 3.33. The van der Waals surface area contributed by atoms with E-state index in [1.54, 1.807) is 18.1 Å². The molecule has 0 spiro atoms. The van der Waals surface area contributed by atoms with Crippen LogP contribution in [-0.2, 0) is 4.79 Å². The lowest BCUT2D eigenvalue weighted by molar-refractivity contribution is -0.129. The summed E-state index contributed by atoms with van der Waals surface area (Å²) in [6.45, 7) is 4.21. The van der Waals surface area contributed by atoms with Crippen molar-refractivity contribution in [3.8, 4) is 0 Å². The van der Waals surface area contributed by atoms with Crippen molar-refractivity contribution >= 4 is 16.6 Å². The summed E-state index contributed by atoms with van der Waals surface area (Å²) in [7, 11) is -2.08. The first-order valence-corrected chi connectivity index (χ1v) is 6.22. The van der Waals surface area contributed by atoms with E-state index in [2.05, 4.69) is 0 Å². The highest BCUT2D eigenvalue weighted by molar-refractivity contribution is 8.24. The van der Waals surface area contributed by atoms with Crippen LogP contribution in [0.1, 0.15) is 6.92 Å². The van der Waals surface area contributed by atoms with E-state index < -0.39 is 10.7 Å². The molecule has 0 aromatic rings. The Balaban J connectivity index is 2.44. The number of nitrogens with two attached hydrogens (primary N) is 1. The van der Waals surface area contributed by atoms with Crippen molar-refractivity contribution in [3.05, 3.63) is 0 Å². The lowest BCUT2D eigenvalue weighted by atomic mass is 10.3. The monoisotopic (exact) mass is 207 g/mol. The van der Waals surface area contributed by atoms with Gasteiger partial charge in [-0.1, -0.05) is 0 Å². The SMILES string of the molecule is CC(=O)N1CCN(S(C)(N)O)CC1. The summed E-state index contributed by atoms with van der Waals surface area (Å²) in [6, 6.07) is 0. The molecule has 0 bridgehead atoms. The van der Waals surface area contributed by atoms with E-state index in [9.17, 15) is 9.35 Å². The minimum absolute atomic E-state index is 0.0892. The van der Waals surface area contributed by atoms with Crippen LogP contribution in [0.5, 0.6) is 0 Å². The molecule has 13 heavy (non-hydrogen) atoms. The number of carbonyl (C=O) groups excluding carboxylic acids is 1. The van der Waals surface area contributed by atoms with Crippen LogP contribution in [0.2, 0.25) is 0 Å². The summed E-state index contributed by atoms with van der Waals surface area (Å²) >= 11 is 0. The number of hydrogen-bond donors (Lipinski definition) is 2. The van der Waals surface area contributed by atoms with Crippen molar-refractivity contribution in [2.75, 3.05) is 32.4 Å². The Kier molecular flexibility index (Phi) is 3.18. The van der Waals surface area contributed by atoms with E-state index in [1.807, 2.05) is 4.31 Å². The molecule has 5 nitrogen and oxygen atoms in total. The number of amides is 1. The fraction of sp³-hybridized carbons (Fsp3) is 0.857. The smallest absolute Gasteiger partial charge is 0.219 e. The summed E-state index contributed by atoms with van der Waals surface area (Å²) in [6.07, 6.45) is 1.64. The predicted molar refractivity (Wildman–Crippen MR) is 54.2 cm³/mol. The van der Waals surface area contributed by atoms with Crippen LogP contribution in [0.4, 0.5) is 0 Å². The Morgan fingerprint density at radius 2 is 1.85 bits per heavy atom. The Bertz CT molecular complexity index is 196. The molecule has 3 N–H and O–H groups in total. The molecule has 78 valence electrons. The third-order valence-electron chi connectivity index (χ3n) is 2.21. The standard InChI is InChI=1S/C7H17N3O2S/c1-7(11)9-3-5-10(6-4-9)13(2,8)12/h12H,3-6,8H2,1-2H3. The van der Waals surface area contributed by atoms with Gasteiger partial charge < -0.3 is 9.45 Å². The third-order valence-corrected chi connectivity index (χ3v) is 3.62. The topological polar surface area (TPSA) is 69.8 Å². The lowest BCUT2D eigenvalue weighted by Crippen LogP contribution is -2.49. The Hall–Kier alpha value is -0.300. The molecule has 6 heteroatoms. The van der Waals surface area contributed by atoms with Crippen LogP contribution in [0, 0.1) is 0 Å². The molecule has 1 atom stereocenters. The van der Waals surface area contributed by atoms with Gasteiger partial charge in [0.2, 0.25) is 5.91 Å². The van der Waals surface area contributed by atoms with Crippen LogP contribution in [0.15, 0.2) is 0 Å². The van der Waals surface area contributed by atoms with Gasteiger partial charge >= 0.3 is 0 Å². The molecule has 1 heterocycles. The van der Waals surface area contributed by atoms with Crippen molar-refractivity contribution in [1.82, 2.24) is 9.21 Å². The quantitative estimate of drug-likeness (QED) is 0.627. The third kappa shape index (κ3) is 2.84. The highest BCUT2D eigenvalue weighted by atomic mass is 32.3. The maximum atomic E-state index is 11.0. The Morgan fingerprint density at radius 1 is 1.38 bits per heavy atom. The van der Waals surface area contributed by atoms with Crippen LogP contribution in [0.3, 0.4) is 0 Å². The highest BCUT2D eigenvalue weighted by Crippen LogP contribution is 2.34. The van der Waals surface area contributed by atoms with E-state index in [-0.39, 0.29) is 5.91 Å². The zero-order valence-electron chi connectivity index (χ0n) is 8.06. The van der Waals surface area contributed by atoms with Gasteiger partial charge in [-0.05, 0) is 10.7 Å². The maximum absolute atomic E-state index is 11.0. The van der Waals surface area contributed by atoms with Crippen molar-refractivity contribution in [2.45, 2.75) is 6.92 Å². The number of nitrogens with zero attached hydrogens (tertiary/aromatic N) is 2. The molecule has 0 aromatic carbocycles. The molecule has 1 unspecified atom stereocenters. The average Bonchev–Trinajstić information content (AvgIpc) is 2.03. The van der Waals surface area contributed by atoms with Crippen LogP contribution in [0.25, 0.3) is 0 Å². The zero-order valence-corrected chi connectivity index (χ0v) is 8.88. The van der Waals surface area contributed by atoms with Crippen molar-refractivity contribution in [1.29, 1.82) is 0 Å². The summed E-state index contributed by atoms with van der Waals surface area (Å²) < 4.78 is 11.4. The average molecular weight is 207 g/mol. The number of piperazine rings is 1. The van der Waals surface area contributed by atoms with E-state index in [4.69, 9.17) is 5.14 Å². The first kappa shape index (κ1) is 10.8.